The smallest absolute Gasteiger partial charge is 0.325 e. The summed E-state index contributed by atoms with van der Waals surface area (Å²) in [6.07, 6.45) is 8.28. The summed E-state index contributed by atoms with van der Waals surface area (Å²) in [4.78, 5) is 25.3. The van der Waals surface area contributed by atoms with Crippen molar-refractivity contribution in [3.63, 3.8) is 0 Å². The molecule has 5 heteroatoms. The first-order chi connectivity index (χ1) is 9.43. The fourth-order valence-electron chi connectivity index (χ4n) is 3.80. The summed E-state index contributed by atoms with van der Waals surface area (Å²) in [7, 11) is 0. The van der Waals surface area contributed by atoms with Crippen molar-refractivity contribution in [3.8, 4) is 0 Å². The third-order valence-corrected chi connectivity index (χ3v) is 5.19. The summed E-state index contributed by atoms with van der Waals surface area (Å²) in [6.45, 7) is 4.10. The predicted octanol–water partition coefficient (Wildman–Crippen LogP) is 2.20. The Morgan fingerprint density at radius 3 is 2.50 bits per heavy atom. The minimum atomic E-state index is -0.761. The van der Waals surface area contributed by atoms with Gasteiger partial charge in [0.05, 0.1) is 11.7 Å². The zero-order valence-electron chi connectivity index (χ0n) is 12.4. The molecule has 5 nitrogen and oxygen atoms in total. The summed E-state index contributed by atoms with van der Waals surface area (Å²) >= 11 is 0. The Hall–Kier alpha value is -1.10. The van der Waals surface area contributed by atoms with E-state index in [0.29, 0.717) is 6.54 Å². The van der Waals surface area contributed by atoms with Gasteiger partial charge in [-0.05, 0) is 39.5 Å². The van der Waals surface area contributed by atoms with Gasteiger partial charge in [0, 0.05) is 6.54 Å². The van der Waals surface area contributed by atoms with Crippen LogP contribution in [-0.4, -0.2) is 40.6 Å². The van der Waals surface area contributed by atoms with Gasteiger partial charge in [0.2, 0.25) is 0 Å². The first-order valence-electron chi connectivity index (χ1n) is 7.74. The molecule has 2 saturated heterocycles. The van der Waals surface area contributed by atoms with Crippen molar-refractivity contribution in [1.29, 1.82) is 0 Å². The van der Waals surface area contributed by atoms with E-state index >= 15 is 0 Å². The van der Waals surface area contributed by atoms with E-state index in [1.54, 1.807) is 18.7 Å². The molecule has 3 fully saturated rings. The number of urea groups is 1. The van der Waals surface area contributed by atoms with Crippen molar-refractivity contribution in [2.45, 2.75) is 76.0 Å². The molecule has 3 amide bonds. The molecular formula is C15H24N2O3. The standard InChI is InChI=1S/C15H24N2O3/c1-14(2)12(18)16-13(19)17(14)10-11-6-9-15(20-11)7-4-3-5-8-15/h11H,3-10H2,1-2H3,(H,16,18,19). The maximum atomic E-state index is 11.9. The highest BCUT2D eigenvalue weighted by atomic mass is 16.5. The number of hydrogen-bond acceptors (Lipinski definition) is 3. The SMILES string of the molecule is CC1(C)C(=O)NC(=O)N1CC1CCC2(CCCCC2)O1. The van der Waals surface area contributed by atoms with E-state index in [2.05, 4.69) is 5.32 Å². The van der Waals surface area contributed by atoms with Crippen LogP contribution in [0.2, 0.25) is 0 Å². The molecule has 1 N–H and O–H groups in total. The van der Waals surface area contributed by atoms with Crippen LogP contribution in [0, 0.1) is 0 Å². The lowest BCUT2D eigenvalue weighted by Gasteiger charge is -2.35. The second-order valence-corrected chi connectivity index (χ2v) is 6.95. The van der Waals surface area contributed by atoms with Crippen LogP contribution in [0.4, 0.5) is 4.79 Å². The van der Waals surface area contributed by atoms with Crippen LogP contribution in [0.1, 0.15) is 58.8 Å². The molecular weight excluding hydrogens is 256 g/mol. The van der Waals surface area contributed by atoms with E-state index < -0.39 is 5.54 Å². The third-order valence-electron chi connectivity index (χ3n) is 5.19. The molecule has 2 heterocycles. The lowest BCUT2D eigenvalue weighted by atomic mass is 9.83. The first kappa shape index (κ1) is 13.9. The van der Waals surface area contributed by atoms with Gasteiger partial charge < -0.3 is 9.64 Å². The molecule has 20 heavy (non-hydrogen) atoms. The molecule has 0 aromatic carbocycles. The van der Waals surface area contributed by atoms with E-state index in [9.17, 15) is 9.59 Å². The normalized spacial score (nSPS) is 31.9. The van der Waals surface area contributed by atoms with Crippen molar-refractivity contribution >= 4 is 11.9 Å². The van der Waals surface area contributed by atoms with E-state index in [0.717, 1.165) is 25.7 Å². The Morgan fingerprint density at radius 1 is 1.20 bits per heavy atom. The topological polar surface area (TPSA) is 58.6 Å². The minimum Gasteiger partial charge on any atom is -0.370 e. The molecule has 3 rings (SSSR count). The van der Waals surface area contributed by atoms with Gasteiger partial charge in [0.15, 0.2) is 0 Å². The van der Waals surface area contributed by atoms with Crippen LogP contribution in [0.15, 0.2) is 0 Å². The van der Waals surface area contributed by atoms with Crippen molar-refractivity contribution in [3.05, 3.63) is 0 Å². The van der Waals surface area contributed by atoms with Crippen LogP contribution in [-0.2, 0) is 9.53 Å². The molecule has 0 radical (unpaired) electrons. The van der Waals surface area contributed by atoms with Crippen molar-refractivity contribution < 1.29 is 14.3 Å². The maximum absolute atomic E-state index is 11.9. The summed E-state index contributed by atoms with van der Waals surface area (Å²) in [6, 6.07) is -0.284. The number of carbonyl (C=O) groups is 2. The summed E-state index contributed by atoms with van der Waals surface area (Å²) < 4.78 is 6.30. The van der Waals surface area contributed by atoms with E-state index in [1.165, 1.54) is 19.3 Å². The Bertz CT molecular complexity index is 427. The summed E-state index contributed by atoms with van der Waals surface area (Å²) in [5.41, 5.74) is -0.698. The van der Waals surface area contributed by atoms with Crippen LogP contribution in [0.3, 0.4) is 0 Å². The van der Waals surface area contributed by atoms with Crippen LogP contribution in [0.25, 0.3) is 0 Å². The average molecular weight is 280 g/mol. The van der Waals surface area contributed by atoms with Gasteiger partial charge in [-0.1, -0.05) is 19.3 Å². The highest BCUT2D eigenvalue weighted by Gasteiger charge is 2.48. The number of rotatable bonds is 2. The maximum Gasteiger partial charge on any atom is 0.325 e. The molecule has 112 valence electrons. The van der Waals surface area contributed by atoms with Gasteiger partial charge in [-0.3, -0.25) is 10.1 Å². The summed E-state index contributed by atoms with van der Waals surface area (Å²) in [5, 5.41) is 2.39. The number of hydrogen-bond donors (Lipinski definition) is 1. The Labute approximate surface area is 120 Å². The molecule has 1 atom stereocenters. The molecule has 1 spiro atoms. The van der Waals surface area contributed by atoms with Crippen molar-refractivity contribution in [2.24, 2.45) is 0 Å². The van der Waals surface area contributed by atoms with Gasteiger partial charge in [-0.15, -0.1) is 0 Å². The van der Waals surface area contributed by atoms with Crippen molar-refractivity contribution in [1.82, 2.24) is 10.2 Å². The van der Waals surface area contributed by atoms with E-state index in [1.807, 2.05) is 0 Å². The number of amides is 3. The molecule has 0 aromatic heterocycles. The lowest BCUT2D eigenvalue weighted by Crippen LogP contribution is -2.48. The molecule has 0 bridgehead atoms. The Morgan fingerprint density at radius 2 is 1.90 bits per heavy atom. The summed E-state index contributed by atoms with van der Waals surface area (Å²) in [5.74, 6) is -0.215. The van der Waals surface area contributed by atoms with Gasteiger partial charge in [-0.25, -0.2) is 4.79 Å². The molecule has 1 saturated carbocycles. The van der Waals surface area contributed by atoms with E-state index in [4.69, 9.17) is 4.74 Å². The Kier molecular flexibility index (Phi) is 3.27. The van der Waals surface area contributed by atoms with Crippen LogP contribution >= 0.6 is 0 Å². The number of imide groups is 1. The first-order valence-corrected chi connectivity index (χ1v) is 7.74. The van der Waals surface area contributed by atoms with Crippen LogP contribution < -0.4 is 5.32 Å². The number of nitrogens with zero attached hydrogens (tertiary/aromatic N) is 1. The second kappa shape index (κ2) is 4.72. The highest BCUT2D eigenvalue weighted by Crippen LogP contribution is 2.42. The number of nitrogens with one attached hydrogen (secondary N) is 1. The predicted molar refractivity (Wildman–Crippen MR) is 74.2 cm³/mol. The van der Waals surface area contributed by atoms with Crippen molar-refractivity contribution in [2.75, 3.05) is 6.54 Å². The number of ether oxygens (including phenoxy) is 1. The Balaban J connectivity index is 1.64. The quantitative estimate of drug-likeness (QED) is 0.789. The van der Waals surface area contributed by atoms with Crippen LogP contribution in [0.5, 0.6) is 0 Å². The van der Waals surface area contributed by atoms with E-state index in [-0.39, 0.29) is 23.6 Å². The second-order valence-electron chi connectivity index (χ2n) is 6.95. The fraction of sp³-hybridized carbons (Fsp3) is 0.867. The monoisotopic (exact) mass is 280 g/mol. The number of carbonyl (C=O) groups excluding carboxylic acids is 2. The minimum absolute atomic E-state index is 0.0628. The molecule has 2 aliphatic heterocycles. The van der Waals surface area contributed by atoms with Gasteiger partial charge in [-0.2, -0.15) is 0 Å². The molecule has 0 aromatic rings. The molecule has 1 unspecified atom stereocenters. The largest absolute Gasteiger partial charge is 0.370 e. The van der Waals surface area contributed by atoms with Gasteiger partial charge in [0.25, 0.3) is 5.91 Å². The highest BCUT2D eigenvalue weighted by molar-refractivity contribution is 6.06. The van der Waals surface area contributed by atoms with Gasteiger partial charge in [0.1, 0.15) is 5.54 Å². The fourth-order valence-corrected chi connectivity index (χ4v) is 3.80. The average Bonchev–Trinajstić information content (AvgIpc) is 2.86. The zero-order chi connectivity index (χ0) is 14.4. The third kappa shape index (κ3) is 2.22. The lowest BCUT2D eigenvalue weighted by molar-refractivity contribution is -0.126. The molecule has 1 aliphatic carbocycles. The zero-order valence-corrected chi connectivity index (χ0v) is 12.4. The van der Waals surface area contributed by atoms with Gasteiger partial charge >= 0.3 is 6.03 Å². The molecule has 3 aliphatic rings.